The Hall–Kier alpha value is -3.58. The zero-order chi connectivity index (χ0) is 20.8. The molecule has 3 aromatic carbocycles. The highest BCUT2D eigenvalue weighted by Crippen LogP contribution is 2.33. The van der Waals surface area contributed by atoms with Crippen LogP contribution in [0.2, 0.25) is 5.02 Å². The van der Waals surface area contributed by atoms with Crippen LogP contribution in [0.15, 0.2) is 66.7 Å². The Bertz CT molecular complexity index is 1040. The van der Waals surface area contributed by atoms with Crippen LogP contribution in [0.4, 0.5) is 11.4 Å². The average Bonchev–Trinajstić information content (AvgIpc) is 2.71. The number of hydrogen-bond acceptors (Lipinski definition) is 5. The number of anilines is 1. The van der Waals surface area contributed by atoms with E-state index in [2.05, 4.69) is 5.32 Å². The van der Waals surface area contributed by atoms with Gasteiger partial charge < -0.3 is 14.8 Å². The lowest BCUT2D eigenvalue weighted by Gasteiger charge is -2.13. The van der Waals surface area contributed by atoms with Crippen molar-refractivity contribution in [2.45, 2.75) is 6.92 Å². The van der Waals surface area contributed by atoms with E-state index in [0.717, 1.165) is 0 Å². The quantitative estimate of drug-likeness (QED) is 0.397. The van der Waals surface area contributed by atoms with Gasteiger partial charge in [0.1, 0.15) is 17.1 Å². The number of amides is 1. The lowest BCUT2D eigenvalue weighted by Crippen LogP contribution is -2.14. The first kappa shape index (κ1) is 20.2. The molecule has 3 rings (SSSR count). The van der Waals surface area contributed by atoms with Gasteiger partial charge in [-0.2, -0.15) is 0 Å². The maximum absolute atomic E-state index is 12.6. The summed E-state index contributed by atoms with van der Waals surface area (Å²) in [4.78, 5) is 23.2. The van der Waals surface area contributed by atoms with E-state index in [1.807, 2.05) is 6.92 Å². The summed E-state index contributed by atoms with van der Waals surface area (Å²) in [6.45, 7) is 2.45. The summed E-state index contributed by atoms with van der Waals surface area (Å²) < 4.78 is 11.2. The molecule has 1 amide bonds. The van der Waals surface area contributed by atoms with E-state index in [1.165, 1.54) is 24.3 Å². The van der Waals surface area contributed by atoms with E-state index >= 15 is 0 Å². The summed E-state index contributed by atoms with van der Waals surface area (Å²) in [5.74, 6) is 0.930. The highest BCUT2D eigenvalue weighted by atomic mass is 35.5. The predicted octanol–water partition coefficient (Wildman–Crippen LogP) is 5.69. The van der Waals surface area contributed by atoms with Crippen LogP contribution in [-0.2, 0) is 0 Å². The van der Waals surface area contributed by atoms with Crippen molar-refractivity contribution in [3.05, 3.63) is 87.4 Å². The van der Waals surface area contributed by atoms with Crippen molar-refractivity contribution < 1.29 is 19.2 Å². The summed E-state index contributed by atoms with van der Waals surface area (Å²) in [5, 5.41) is 14.2. The summed E-state index contributed by atoms with van der Waals surface area (Å²) in [7, 11) is 0. The lowest BCUT2D eigenvalue weighted by molar-refractivity contribution is -0.385. The molecule has 0 unspecified atom stereocenters. The molecule has 0 aliphatic rings. The van der Waals surface area contributed by atoms with Crippen molar-refractivity contribution in [1.29, 1.82) is 0 Å². The normalized spacial score (nSPS) is 10.3. The number of halogens is 1. The Morgan fingerprint density at radius 2 is 1.76 bits per heavy atom. The second-order valence-electron chi connectivity index (χ2n) is 5.88. The van der Waals surface area contributed by atoms with Crippen LogP contribution < -0.4 is 14.8 Å². The molecule has 0 radical (unpaired) electrons. The van der Waals surface area contributed by atoms with Gasteiger partial charge in [-0.1, -0.05) is 23.7 Å². The standard InChI is InChI=1S/C21H17ClN2O5/c1-2-28-15-8-10-16(11-9-15)29-20-12-7-14(22)13-18(20)23-21(25)17-5-3-4-6-19(17)24(26)27/h3-13H,2H2,1H3,(H,23,25). The predicted molar refractivity (Wildman–Crippen MR) is 110 cm³/mol. The highest BCUT2D eigenvalue weighted by Gasteiger charge is 2.20. The number of rotatable bonds is 7. The SMILES string of the molecule is CCOc1ccc(Oc2ccc(Cl)cc2NC(=O)c2ccccc2[N+](=O)[O-])cc1. The lowest BCUT2D eigenvalue weighted by atomic mass is 10.1. The maximum Gasteiger partial charge on any atom is 0.282 e. The number of ether oxygens (including phenoxy) is 2. The zero-order valence-electron chi connectivity index (χ0n) is 15.4. The number of nitro benzene ring substituents is 1. The van der Waals surface area contributed by atoms with Crippen molar-refractivity contribution in [1.82, 2.24) is 0 Å². The third-order valence-corrected chi connectivity index (χ3v) is 4.13. The summed E-state index contributed by atoms with van der Waals surface area (Å²) in [6, 6.07) is 17.4. The molecule has 0 spiro atoms. The number of carbonyl (C=O) groups is 1. The Balaban J connectivity index is 1.85. The largest absolute Gasteiger partial charge is 0.494 e. The number of nitrogens with zero attached hydrogens (tertiary/aromatic N) is 1. The fraction of sp³-hybridized carbons (Fsp3) is 0.0952. The van der Waals surface area contributed by atoms with Gasteiger partial charge in [-0.25, -0.2) is 0 Å². The molecular weight excluding hydrogens is 396 g/mol. The smallest absolute Gasteiger partial charge is 0.282 e. The van der Waals surface area contributed by atoms with Crippen LogP contribution in [0.25, 0.3) is 0 Å². The Morgan fingerprint density at radius 1 is 1.07 bits per heavy atom. The van der Waals surface area contributed by atoms with E-state index in [-0.39, 0.29) is 16.9 Å². The summed E-state index contributed by atoms with van der Waals surface area (Å²) in [5.41, 5.74) is -0.0694. The molecule has 0 saturated carbocycles. The second-order valence-corrected chi connectivity index (χ2v) is 6.31. The van der Waals surface area contributed by atoms with Crippen molar-refractivity contribution in [3.63, 3.8) is 0 Å². The molecule has 148 valence electrons. The van der Waals surface area contributed by atoms with Gasteiger partial charge >= 0.3 is 0 Å². The second kappa shape index (κ2) is 9.07. The Labute approximate surface area is 172 Å². The molecule has 0 saturated heterocycles. The van der Waals surface area contributed by atoms with Crippen LogP contribution >= 0.6 is 11.6 Å². The molecule has 0 aliphatic heterocycles. The van der Waals surface area contributed by atoms with Crippen LogP contribution in [0.5, 0.6) is 17.2 Å². The molecule has 0 aromatic heterocycles. The molecule has 8 heteroatoms. The topological polar surface area (TPSA) is 90.7 Å². The van der Waals surface area contributed by atoms with E-state index in [9.17, 15) is 14.9 Å². The van der Waals surface area contributed by atoms with Crippen molar-refractivity contribution in [2.75, 3.05) is 11.9 Å². The molecule has 29 heavy (non-hydrogen) atoms. The third-order valence-electron chi connectivity index (χ3n) is 3.90. The minimum atomic E-state index is -0.642. The van der Waals surface area contributed by atoms with Crippen LogP contribution in [0.3, 0.4) is 0 Å². The number of hydrogen-bond donors (Lipinski definition) is 1. The molecule has 1 N–H and O–H groups in total. The molecule has 0 bridgehead atoms. The first-order valence-electron chi connectivity index (χ1n) is 8.73. The highest BCUT2D eigenvalue weighted by molar-refractivity contribution is 6.31. The van der Waals surface area contributed by atoms with Crippen LogP contribution in [-0.4, -0.2) is 17.4 Å². The van der Waals surface area contributed by atoms with E-state index < -0.39 is 10.8 Å². The van der Waals surface area contributed by atoms with Crippen molar-refractivity contribution in [2.24, 2.45) is 0 Å². The van der Waals surface area contributed by atoms with Gasteiger partial charge in [-0.05, 0) is 55.5 Å². The third kappa shape index (κ3) is 5.03. The maximum atomic E-state index is 12.6. The first-order chi connectivity index (χ1) is 14.0. The van der Waals surface area contributed by atoms with E-state index in [4.69, 9.17) is 21.1 Å². The average molecular weight is 413 g/mol. The summed E-state index contributed by atoms with van der Waals surface area (Å²) in [6.07, 6.45) is 0. The van der Waals surface area contributed by atoms with E-state index in [0.29, 0.717) is 28.9 Å². The van der Waals surface area contributed by atoms with E-state index in [1.54, 1.807) is 42.5 Å². The number of benzene rings is 3. The summed E-state index contributed by atoms with van der Waals surface area (Å²) >= 11 is 6.05. The van der Waals surface area contributed by atoms with Crippen molar-refractivity contribution in [3.8, 4) is 17.2 Å². The molecular formula is C21H17ClN2O5. The number of carbonyl (C=O) groups excluding carboxylic acids is 1. The molecule has 0 fully saturated rings. The molecule has 0 atom stereocenters. The molecule has 0 aliphatic carbocycles. The Kier molecular flexibility index (Phi) is 6.31. The monoisotopic (exact) mass is 412 g/mol. The fourth-order valence-corrected chi connectivity index (χ4v) is 2.77. The molecule has 7 nitrogen and oxygen atoms in total. The zero-order valence-corrected chi connectivity index (χ0v) is 16.2. The van der Waals surface area contributed by atoms with Gasteiger partial charge in [0.25, 0.3) is 11.6 Å². The van der Waals surface area contributed by atoms with Gasteiger partial charge in [-0.15, -0.1) is 0 Å². The van der Waals surface area contributed by atoms with Crippen molar-refractivity contribution >= 4 is 28.9 Å². The van der Waals surface area contributed by atoms with Gasteiger partial charge in [0, 0.05) is 11.1 Å². The van der Waals surface area contributed by atoms with Gasteiger partial charge in [0.15, 0.2) is 5.75 Å². The van der Waals surface area contributed by atoms with Gasteiger partial charge in [0.05, 0.1) is 17.2 Å². The van der Waals surface area contributed by atoms with Gasteiger partial charge in [0.2, 0.25) is 0 Å². The molecule has 0 heterocycles. The number of nitro groups is 1. The Morgan fingerprint density at radius 3 is 2.45 bits per heavy atom. The first-order valence-corrected chi connectivity index (χ1v) is 9.10. The molecule has 3 aromatic rings. The minimum absolute atomic E-state index is 0.0653. The fourth-order valence-electron chi connectivity index (χ4n) is 2.60. The minimum Gasteiger partial charge on any atom is -0.494 e. The van der Waals surface area contributed by atoms with Crippen LogP contribution in [0, 0.1) is 10.1 Å². The number of nitrogens with one attached hydrogen (secondary N) is 1. The van der Waals surface area contributed by atoms with Crippen LogP contribution in [0.1, 0.15) is 17.3 Å². The van der Waals surface area contributed by atoms with Gasteiger partial charge in [-0.3, -0.25) is 14.9 Å². The number of para-hydroxylation sites is 1.